The van der Waals surface area contributed by atoms with Gasteiger partial charge in [-0.25, -0.2) is 4.98 Å². The quantitative estimate of drug-likeness (QED) is 0.609. The molecule has 2 rings (SSSR count). The van der Waals surface area contributed by atoms with E-state index in [4.69, 9.17) is 16.3 Å². The van der Waals surface area contributed by atoms with Crippen LogP contribution in [0.1, 0.15) is 31.5 Å². The molecule has 1 heterocycles. The number of nitro groups is 1. The summed E-state index contributed by atoms with van der Waals surface area (Å²) in [6.45, 7) is 6.50. The number of non-ortho nitro benzene ring substituents is 1. The zero-order valence-corrected chi connectivity index (χ0v) is 13.5. The zero-order chi connectivity index (χ0) is 15.6. The van der Waals surface area contributed by atoms with Gasteiger partial charge in [0.05, 0.1) is 21.7 Å². The van der Waals surface area contributed by atoms with E-state index in [1.54, 1.807) is 0 Å². The summed E-state index contributed by atoms with van der Waals surface area (Å²) in [5.74, 6) is 0.290. The second-order valence-corrected chi connectivity index (χ2v) is 6.89. The van der Waals surface area contributed by atoms with Crippen LogP contribution in [0.5, 0.6) is 5.75 Å². The van der Waals surface area contributed by atoms with Crippen molar-refractivity contribution in [3.8, 4) is 5.75 Å². The highest BCUT2D eigenvalue weighted by atomic mass is 35.5. The summed E-state index contributed by atoms with van der Waals surface area (Å²) in [5, 5.41) is 13.9. The van der Waals surface area contributed by atoms with Crippen molar-refractivity contribution < 1.29 is 9.66 Å². The molecule has 0 saturated carbocycles. The number of halogens is 1. The molecule has 0 bridgehead atoms. The standard InChI is InChI=1S/C14H15ClN2O3S/c1-14(2,3)12-8-21-13(16-12)7-20-11-6-9(17(18)19)4-5-10(11)15/h4-6,8H,7H2,1-3H3. The van der Waals surface area contributed by atoms with Crippen molar-refractivity contribution in [2.75, 3.05) is 0 Å². The van der Waals surface area contributed by atoms with Crippen LogP contribution in [0.3, 0.4) is 0 Å². The average Bonchev–Trinajstić information content (AvgIpc) is 2.86. The lowest BCUT2D eigenvalue weighted by Crippen LogP contribution is -2.11. The monoisotopic (exact) mass is 326 g/mol. The summed E-state index contributed by atoms with van der Waals surface area (Å²) >= 11 is 7.48. The summed E-state index contributed by atoms with van der Waals surface area (Å²) < 4.78 is 5.55. The van der Waals surface area contributed by atoms with Crippen LogP contribution in [0.4, 0.5) is 5.69 Å². The van der Waals surface area contributed by atoms with E-state index < -0.39 is 4.92 Å². The van der Waals surface area contributed by atoms with Crippen molar-refractivity contribution >= 4 is 28.6 Å². The van der Waals surface area contributed by atoms with E-state index in [0.717, 1.165) is 10.7 Å². The third-order valence-electron chi connectivity index (χ3n) is 2.80. The number of thiazole rings is 1. The summed E-state index contributed by atoms with van der Waals surface area (Å²) in [6.07, 6.45) is 0. The number of hydrogen-bond acceptors (Lipinski definition) is 5. The normalized spacial score (nSPS) is 11.4. The molecule has 0 aliphatic rings. The molecule has 7 heteroatoms. The Labute approximate surface area is 131 Å². The van der Waals surface area contributed by atoms with E-state index >= 15 is 0 Å². The fourth-order valence-electron chi connectivity index (χ4n) is 1.58. The first kappa shape index (κ1) is 15.7. The molecule has 5 nitrogen and oxygen atoms in total. The Morgan fingerprint density at radius 1 is 1.43 bits per heavy atom. The first-order valence-electron chi connectivity index (χ1n) is 6.29. The predicted molar refractivity (Wildman–Crippen MR) is 83.3 cm³/mol. The maximum atomic E-state index is 10.7. The van der Waals surface area contributed by atoms with Crippen molar-refractivity contribution in [1.29, 1.82) is 0 Å². The summed E-state index contributed by atoms with van der Waals surface area (Å²) in [5.41, 5.74) is 0.929. The lowest BCUT2D eigenvalue weighted by molar-refractivity contribution is -0.384. The van der Waals surface area contributed by atoms with Gasteiger partial charge in [-0.1, -0.05) is 32.4 Å². The third kappa shape index (κ3) is 3.92. The first-order valence-corrected chi connectivity index (χ1v) is 7.55. The minimum atomic E-state index is -0.482. The van der Waals surface area contributed by atoms with Gasteiger partial charge < -0.3 is 4.74 Å². The molecule has 0 unspecified atom stereocenters. The largest absolute Gasteiger partial charge is 0.485 e. The summed E-state index contributed by atoms with van der Waals surface area (Å²) in [4.78, 5) is 14.8. The van der Waals surface area contributed by atoms with E-state index in [2.05, 4.69) is 25.8 Å². The number of benzene rings is 1. The second-order valence-electron chi connectivity index (χ2n) is 5.54. The van der Waals surface area contributed by atoms with E-state index in [0.29, 0.717) is 10.8 Å². The molecule has 0 aliphatic heterocycles. The molecule has 1 aromatic carbocycles. The predicted octanol–water partition coefficient (Wildman–Crippen LogP) is 4.58. The molecule has 0 saturated heterocycles. The van der Waals surface area contributed by atoms with Crippen LogP contribution in [-0.2, 0) is 12.0 Å². The molecule has 21 heavy (non-hydrogen) atoms. The van der Waals surface area contributed by atoms with Gasteiger partial charge >= 0.3 is 0 Å². The Morgan fingerprint density at radius 3 is 2.71 bits per heavy atom. The maximum Gasteiger partial charge on any atom is 0.273 e. The number of nitro benzene ring substituents is 1. The highest BCUT2D eigenvalue weighted by Crippen LogP contribution is 2.30. The van der Waals surface area contributed by atoms with Gasteiger partial charge in [0.15, 0.2) is 0 Å². The number of nitrogens with zero attached hydrogens (tertiary/aromatic N) is 2. The Hall–Kier alpha value is -1.66. The Morgan fingerprint density at radius 2 is 2.14 bits per heavy atom. The number of hydrogen-bond donors (Lipinski definition) is 0. The molecule has 0 atom stereocenters. The molecule has 0 radical (unpaired) electrons. The van der Waals surface area contributed by atoms with Crippen LogP contribution in [0.15, 0.2) is 23.6 Å². The van der Waals surface area contributed by atoms with Gasteiger partial charge in [-0.3, -0.25) is 10.1 Å². The van der Waals surface area contributed by atoms with Crippen LogP contribution in [0.25, 0.3) is 0 Å². The molecule has 0 amide bonds. The number of aromatic nitrogens is 1. The van der Waals surface area contributed by atoms with Gasteiger partial charge in [-0.15, -0.1) is 11.3 Å². The molecule has 0 fully saturated rings. The van der Waals surface area contributed by atoms with Gasteiger partial charge in [0.1, 0.15) is 17.4 Å². The van der Waals surface area contributed by atoms with Gasteiger partial charge in [0.25, 0.3) is 5.69 Å². The SMILES string of the molecule is CC(C)(C)c1csc(COc2cc([N+](=O)[O-])ccc2Cl)n1. The second kappa shape index (κ2) is 5.99. The van der Waals surface area contributed by atoms with Crippen LogP contribution in [-0.4, -0.2) is 9.91 Å². The van der Waals surface area contributed by atoms with Crippen molar-refractivity contribution in [2.45, 2.75) is 32.8 Å². The van der Waals surface area contributed by atoms with E-state index in [1.165, 1.54) is 29.5 Å². The summed E-state index contributed by atoms with van der Waals surface area (Å²) in [6, 6.07) is 4.12. The third-order valence-corrected chi connectivity index (χ3v) is 3.93. The Kier molecular flexibility index (Phi) is 4.49. The molecule has 0 spiro atoms. The minimum absolute atomic E-state index is 0.0159. The van der Waals surface area contributed by atoms with E-state index in [-0.39, 0.29) is 17.7 Å². The minimum Gasteiger partial charge on any atom is -0.485 e. The van der Waals surface area contributed by atoms with Crippen molar-refractivity contribution in [3.05, 3.63) is 49.4 Å². The highest BCUT2D eigenvalue weighted by Gasteiger charge is 2.18. The maximum absolute atomic E-state index is 10.7. The number of rotatable bonds is 4. The Balaban J connectivity index is 2.11. The van der Waals surface area contributed by atoms with Crippen LogP contribution in [0.2, 0.25) is 5.02 Å². The van der Waals surface area contributed by atoms with Gasteiger partial charge in [0.2, 0.25) is 0 Å². The molecule has 0 aliphatic carbocycles. The van der Waals surface area contributed by atoms with Crippen molar-refractivity contribution in [1.82, 2.24) is 4.98 Å². The molecule has 1 aromatic heterocycles. The van der Waals surface area contributed by atoms with Crippen LogP contribution < -0.4 is 4.74 Å². The van der Waals surface area contributed by atoms with Crippen LogP contribution >= 0.6 is 22.9 Å². The van der Waals surface area contributed by atoms with Crippen molar-refractivity contribution in [3.63, 3.8) is 0 Å². The molecule has 0 N–H and O–H groups in total. The van der Waals surface area contributed by atoms with Gasteiger partial charge in [0, 0.05) is 16.9 Å². The highest BCUT2D eigenvalue weighted by molar-refractivity contribution is 7.09. The van der Waals surface area contributed by atoms with E-state index in [1.807, 2.05) is 5.38 Å². The first-order chi connectivity index (χ1) is 9.77. The Bertz CT molecular complexity index is 664. The van der Waals surface area contributed by atoms with Gasteiger partial charge in [-0.05, 0) is 6.07 Å². The molecular formula is C14H15ClN2O3S. The number of ether oxygens (including phenoxy) is 1. The molecule has 112 valence electrons. The molecule has 2 aromatic rings. The van der Waals surface area contributed by atoms with Crippen LogP contribution in [0, 0.1) is 10.1 Å². The summed E-state index contributed by atoms with van der Waals surface area (Å²) in [7, 11) is 0. The zero-order valence-electron chi connectivity index (χ0n) is 11.9. The van der Waals surface area contributed by atoms with Gasteiger partial charge in [-0.2, -0.15) is 0 Å². The van der Waals surface area contributed by atoms with Crippen molar-refractivity contribution in [2.24, 2.45) is 0 Å². The lowest BCUT2D eigenvalue weighted by atomic mass is 9.93. The topological polar surface area (TPSA) is 65.3 Å². The average molecular weight is 327 g/mol. The fourth-order valence-corrected chi connectivity index (χ4v) is 2.68. The fraction of sp³-hybridized carbons (Fsp3) is 0.357. The van der Waals surface area contributed by atoms with E-state index in [9.17, 15) is 10.1 Å². The lowest BCUT2D eigenvalue weighted by Gasteiger charge is -2.14. The smallest absolute Gasteiger partial charge is 0.273 e. The molecular weight excluding hydrogens is 312 g/mol.